The van der Waals surface area contributed by atoms with E-state index in [9.17, 15) is 0 Å². The third kappa shape index (κ3) is 5.63. The first-order valence-corrected chi connectivity index (χ1v) is 9.35. The van der Waals surface area contributed by atoms with Crippen LogP contribution in [0.4, 0.5) is 0 Å². The van der Waals surface area contributed by atoms with E-state index in [1.807, 2.05) is 0 Å². The van der Waals surface area contributed by atoms with Gasteiger partial charge in [-0.2, -0.15) is 4.98 Å². The standard InChI is InChI=1S/C17H27N5OS/c1-5-18-17(20-11-14-13(4)8-10-24-14)19-9-6-7-15-21-16(12(2)3)22-23-15/h8,10,12H,5-7,9,11H2,1-4H3,(H2,18,19,20). The Kier molecular flexibility index (Phi) is 7.24. The van der Waals surface area contributed by atoms with Gasteiger partial charge >= 0.3 is 0 Å². The second kappa shape index (κ2) is 9.42. The summed E-state index contributed by atoms with van der Waals surface area (Å²) in [5, 5.41) is 12.7. The van der Waals surface area contributed by atoms with Gasteiger partial charge in [-0.05, 0) is 37.3 Å². The normalized spacial score (nSPS) is 12.0. The Bertz CT molecular complexity index is 647. The van der Waals surface area contributed by atoms with Gasteiger partial charge in [0.2, 0.25) is 5.89 Å². The van der Waals surface area contributed by atoms with Crippen molar-refractivity contribution in [2.75, 3.05) is 13.1 Å². The number of hydrogen-bond acceptors (Lipinski definition) is 5. The van der Waals surface area contributed by atoms with E-state index in [0.717, 1.165) is 37.7 Å². The lowest BCUT2D eigenvalue weighted by Gasteiger charge is -2.10. The minimum Gasteiger partial charge on any atom is -0.357 e. The van der Waals surface area contributed by atoms with Gasteiger partial charge in [0.15, 0.2) is 11.8 Å². The first-order valence-electron chi connectivity index (χ1n) is 8.47. The first kappa shape index (κ1) is 18.4. The SMILES string of the molecule is CCNC(=NCc1sccc1C)NCCCc1nc(C(C)C)no1. The molecule has 0 aliphatic carbocycles. The minimum absolute atomic E-state index is 0.300. The molecule has 0 saturated carbocycles. The lowest BCUT2D eigenvalue weighted by Crippen LogP contribution is -2.37. The van der Waals surface area contributed by atoms with E-state index >= 15 is 0 Å². The van der Waals surface area contributed by atoms with Crippen LogP contribution in [0.25, 0.3) is 0 Å². The monoisotopic (exact) mass is 349 g/mol. The third-order valence-corrected chi connectivity index (χ3v) is 4.56. The zero-order valence-corrected chi connectivity index (χ0v) is 15.7. The first-order chi connectivity index (χ1) is 11.6. The fraction of sp³-hybridized carbons (Fsp3) is 0.588. The van der Waals surface area contributed by atoms with Crippen LogP contribution in [0.1, 0.15) is 55.3 Å². The summed E-state index contributed by atoms with van der Waals surface area (Å²) in [4.78, 5) is 10.3. The Hall–Kier alpha value is -1.89. The molecule has 6 nitrogen and oxygen atoms in total. The molecule has 0 spiro atoms. The van der Waals surface area contributed by atoms with Crippen LogP contribution in [-0.4, -0.2) is 29.2 Å². The summed E-state index contributed by atoms with van der Waals surface area (Å²) in [5.74, 6) is 2.63. The third-order valence-electron chi connectivity index (χ3n) is 3.55. The smallest absolute Gasteiger partial charge is 0.226 e. The second-order valence-electron chi connectivity index (χ2n) is 5.95. The van der Waals surface area contributed by atoms with Crippen LogP contribution >= 0.6 is 11.3 Å². The highest BCUT2D eigenvalue weighted by atomic mass is 32.1. The van der Waals surface area contributed by atoms with Gasteiger partial charge < -0.3 is 15.2 Å². The molecule has 0 aliphatic heterocycles. The van der Waals surface area contributed by atoms with Gasteiger partial charge in [-0.3, -0.25) is 0 Å². The van der Waals surface area contributed by atoms with Gasteiger partial charge in [0.1, 0.15) is 0 Å². The van der Waals surface area contributed by atoms with E-state index in [1.165, 1.54) is 10.4 Å². The Labute approximate surface area is 147 Å². The molecule has 0 radical (unpaired) electrons. The van der Waals surface area contributed by atoms with E-state index in [1.54, 1.807) is 11.3 Å². The number of aliphatic imine (C=N–C) groups is 1. The predicted octanol–water partition coefficient (Wildman–Crippen LogP) is 3.25. The summed E-state index contributed by atoms with van der Waals surface area (Å²) in [6.45, 7) is 10.7. The fourth-order valence-electron chi connectivity index (χ4n) is 2.11. The quantitative estimate of drug-likeness (QED) is 0.435. The number of thiophene rings is 1. The maximum atomic E-state index is 5.26. The van der Waals surface area contributed by atoms with Crippen LogP contribution in [0.15, 0.2) is 21.0 Å². The Morgan fingerprint density at radius 1 is 1.38 bits per heavy atom. The lowest BCUT2D eigenvalue weighted by atomic mass is 10.2. The van der Waals surface area contributed by atoms with Crippen molar-refractivity contribution in [3.8, 4) is 0 Å². The van der Waals surface area contributed by atoms with Crippen molar-refractivity contribution >= 4 is 17.3 Å². The highest BCUT2D eigenvalue weighted by Gasteiger charge is 2.09. The van der Waals surface area contributed by atoms with E-state index in [4.69, 9.17) is 4.52 Å². The molecule has 2 heterocycles. The number of hydrogen-bond donors (Lipinski definition) is 2. The largest absolute Gasteiger partial charge is 0.357 e. The molecule has 0 saturated heterocycles. The number of aryl methyl sites for hydroxylation is 2. The summed E-state index contributed by atoms with van der Waals surface area (Å²) in [5.41, 5.74) is 1.30. The van der Waals surface area contributed by atoms with Gasteiger partial charge in [-0.15, -0.1) is 11.3 Å². The molecule has 24 heavy (non-hydrogen) atoms. The molecular formula is C17H27N5OS. The maximum absolute atomic E-state index is 5.26. The summed E-state index contributed by atoms with van der Waals surface area (Å²) < 4.78 is 5.26. The zero-order chi connectivity index (χ0) is 17.4. The molecule has 2 aromatic heterocycles. The number of guanidine groups is 1. The molecule has 0 bridgehead atoms. The van der Waals surface area contributed by atoms with Crippen molar-refractivity contribution in [2.45, 2.75) is 53.0 Å². The minimum atomic E-state index is 0.300. The summed E-state index contributed by atoms with van der Waals surface area (Å²) >= 11 is 1.75. The highest BCUT2D eigenvalue weighted by Crippen LogP contribution is 2.16. The van der Waals surface area contributed by atoms with Crippen molar-refractivity contribution in [3.05, 3.63) is 33.6 Å². The maximum Gasteiger partial charge on any atom is 0.226 e. The average molecular weight is 350 g/mol. The van der Waals surface area contributed by atoms with Crippen molar-refractivity contribution < 1.29 is 4.52 Å². The van der Waals surface area contributed by atoms with Crippen LogP contribution < -0.4 is 10.6 Å². The fourth-order valence-corrected chi connectivity index (χ4v) is 2.94. The van der Waals surface area contributed by atoms with E-state index in [0.29, 0.717) is 18.4 Å². The van der Waals surface area contributed by atoms with Gasteiger partial charge in [0.05, 0.1) is 6.54 Å². The average Bonchev–Trinajstić information content (AvgIpc) is 3.18. The molecular weight excluding hydrogens is 322 g/mol. The molecule has 7 heteroatoms. The number of nitrogens with one attached hydrogen (secondary N) is 2. The molecule has 2 aromatic rings. The van der Waals surface area contributed by atoms with E-state index in [-0.39, 0.29) is 0 Å². The lowest BCUT2D eigenvalue weighted by molar-refractivity contribution is 0.368. The summed E-state index contributed by atoms with van der Waals surface area (Å²) in [6, 6.07) is 2.13. The number of rotatable bonds is 8. The number of aromatic nitrogens is 2. The van der Waals surface area contributed by atoms with Crippen molar-refractivity contribution in [1.82, 2.24) is 20.8 Å². The van der Waals surface area contributed by atoms with Crippen LogP contribution in [0.2, 0.25) is 0 Å². The molecule has 0 amide bonds. The Morgan fingerprint density at radius 3 is 2.83 bits per heavy atom. The highest BCUT2D eigenvalue weighted by molar-refractivity contribution is 7.10. The van der Waals surface area contributed by atoms with E-state index < -0.39 is 0 Å². The van der Waals surface area contributed by atoms with Crippen LogP contribution in [0, 0.1) is 6.92 Å². The van der Waals surface area contributed by atoms with E-state index in [2.05, 4.69) is 64.9 Å². The van der Waals surface area contributed by atoms with Crippen molar-refractivity contribution in [2.24, 2.45) is 4.99 Å². The zero-order valence-electron chi connectivity index (χ0n) is 14.9. The summed E-state index contributed by atoms with van der Waals surface area (Å²) in [7, 11) is 0. The molecule has 0 atom stereocenters. The topological polar surface area (TPSA) is 75.3 Å². The Balaban J connectivity index is 1.77. The molecule has 0 aliphatic rings. The van der Waals surface area contributed by atoms with Crippen LogP contribution in [0.3, 0.4) is 0 Å². The molecule has 0 aromatic carbocycles. The Morgan fingerprint density at radius 2 is 2.21 bits per heavy atom. The molecule has 0 fully saturated rings. The predicted molar refractivity (Wildman–Crippen MR) is 98.6 cm³/mol. The van der Waals surface area contributed by atoms with Crippen molar-refractivity contribution in [3.63, 3.8) is 0 Å². The van der Waals surface area contributed by atoms with Crippen LogP contribution in [-0.2, 0) is 13.0 Å². The van der Waals surface area contributed by atoms with Gasteiger partial charge in [-0.1, -0.05) is 19.0 Å². The summed E-state index contributed by atoms with van der Waals surface area (Å²) in [6.07, 6.45) is 1.69. The molecule has 132 valence electrons. The molecule has 2 rings (SSSR count). The van der Waals surface area contributed by atoms with Gasteiger partial charge in [0, 0.05) is 30.3 Å². The van der Waals surface area contributed by atoms with Gasteiger partial charge in [0.25, 0.3) is 0 Å². The second-order valence-corrected chi connectivity index (χ2v) is 6.95. The number of nitrogens with zero attached hydrogens (tertiary/aromatic N) is 3. The van der Waals surface area contributed by atoms with Crippen molar-refractivity contribution in [1.29, 1.82) is 0 Å². The van der Waals surface area contributed by atoms with Gasteiger partial charge in [-0.25, -0.2) is 4.99 Å². The molecule has 2 N–H and O–H groups in total. The molecule has 0 unspecified atom stereocenters. The van der Waals surface area contributed by atoms with Crippen LogP contribution in [0.5, 0.6) is 0 Å².